The van der Waals surface area contributed by atoms with E-state index in [9.17, 15) is 9.90 Å². The zero-order chi connectivity index (χ0) is 16.0. The van der Waals surface area contributed by atoms with Crippen molar-refractivity contribution < 1.29 is 14.3 Å². The van der Waals surface area contributed by atoms with Crippen LogP contribution >= 0.6 is 11.3 Å². The molecule has 0 saturated carbocycles. The lowest BCUT2D eigenvalue weighted by Gasteiger charge is -2.25. The Hall–Kier alpha value is -1.73. The predicted octanol–water partition coefficient (Wildman–Crippen LogP) is 2.40. The van der Waals surface area contributed by atoms with Crippen LogP contribution in [0.3, 0.4) is 0 Å². The molecule has 6 nitrogen and oxygen atoms in total. The van der Waals surface area contributed by atoms with Crippen molar-refractivity contribution in [3.63, 3.8) is 0 Å². The summed E-state index contributed by atoms with van der Waals surface area (Å²) < 4.78 is 5.52. The Bertz CT molecular complexity index is 591. The number of aromatic nitrogens is 2. The molecule has 120 valence electrons. The van der Waals surface area contributed by atoms with Gasteiger partial charge in [0.25, 0.3) is 0 Å². The van der Waals surface area contributed by atoms with Gasteiger partial charge >= 0.3 is 0 Å². The second kappa shape index (κ2) is 7.51. The van der Waals surface area contributed by atoms with Crippen molar-refractivity contribution >= 4 is 17.2 Å². The third-order valence-corrected chi connectivity index (χ3v) is 4.41. The van der Waals surface area contributed by atoms with Crippen LogP contribution < -0.4 is 5.32 Å². The predicted molar refractivity (Wildman–Crippen MR) is 84.5 cm³/mol. The minimum Gasteiger partial charge on any atom is -0.421 e. The number of carbonyl (C=O) groups excluding carboxylic acids is 1. The van der Waals surface area contributed by atoms with Crippen LogP contribution in [0.2, 0.25) is 0 Å². The zero-order valence-corrected chi connectivity index (χ0v) is 13.7. The number of aliphatic hydroxyl groups is 1. The van der Waals surface area contributed by atoms with Gasteiger partial charge in [0.2, 0.25) is 17.7 Å². The number of amides is 1. The summed E-state index contributed by atoms with van der Waals surface area (Å²) in [5.74, 6) is 0.788. The first-order chi connectivity index (χ1) is 10.6. The summed E-state index contributed by atoms with van der Waals surface area (Å²) in [4.78, 5) is 11.8. The third kappa shape index (κ3) is 4.38. The molecule has 7 heteroatoms. The Morgan fingerprint density at radius 1 is 1.41 bits per heavy atom. The number of nitrogens with zero attached hydrogens (tertiary/aromatic N) is 2. The van der Waals surface area contributed by atoms with Crippen LogP contribution in [0.25, 0.3) is 11.5 Å². The van der Waals surface area contributed by atoms with Gasteiger partial charge in [-0.15, -0.1) is 10.2 Å². The number of aryl methyl sites for hydroxylation is 1. The van der Waals surface area contributed by atoms with Crippen molar-refractivity contribution in [2.45, 2.75) is 45.1 Å². The summed E-state index contributed by atoms with van der Waals surface area (Å²) in [6.45, 7) is 4.07. The van der Waals surface area contributed by atoms with Crippen LogP contribution in [-0.4, -0.2) is 33.4 Å². The normalized spacial score (nSPS) is 11.6. The van der Waals surface area contributed by atoms with Crippen molar-refractivity contribution in [1.29, 1.82) is 0 Å². The fourth-order valence-electron chi connectivity index (χ4n) is 1.93. The smallest absolute Gasteiger partial charge is 0.248 e. The number of hydrogen-bond acceptors (Lipinski definition) is 6. The van der Waals surface area contributed by atoms with Crippen molar-refractivity contribution in [1.82, 2.24) is 15.5 Å². The summed E-state index contributed by atoms with van der Waals surface area (Å²) in [7, 11) is 0. The van der Waals surface area contributed by atoms with Gasteiger partial charge in [-0.2, -0.15) is 11.3 Å². The molecule has 0 aromatic carbocycles. The van der Waals surface area contributed by atoms with E-state index in [1.54, 1.807) is 11.3 Å². The van der Waals surface area contributed by atoms with Gasteiger partial charge < -0.3 is 14.8 Å². The molecule has 22 heavy (non-hydrogen) atoms. The second-order valence-corrected chi connectivity index (χ2v) is 6.00. The maximum absolute atomic E-state index is 11.8. The van der Waals surface area contributed by atoms with E-state index in [0.29, 0.717) is 31.0 Å². The lowest BCUT2D eigenvalue weighted by atomic mass is 9.97. The average molecular weight is 323 g/mol. The molecular formula is C15H21N3O3S. The number of carbonyl (C=O) groups is 1. The highest BCUT2D eigenvalue weighted by Gasteiger charge is 2.22. The number of hydrogen-bond donors (Lipinski definition) is 2. The minimum atomic E-state index is -0.827. The van der Waals surface area contributed by atoms with E-state index in [1.165, 1.54) is 0 Å². The fraction of sp³-hybridized carbons (Fsp3) is 0.533. The van der Waals surface area contributed by atoms with Crippen LogP contribution in [-0.2, 0) is 11.2 Å². The van der Waals surface area contributed by atoms with E-state index in [1.807, 2.05) is 30.7 Å². The highest BCUT2D eigenvalue weighted by molar-refractivity contribution is 7.08. The number of rotatable bonds is 8. The molecule has 0 spiro atoms. The monoisotopic (exact) mass is 323 g/mol. The molecule has 0 radical (unpaired) electrons. The standard InChI is InChI=1S/C15H21N3O3S/c1-3-15(20,4-2)10-16-12(19)5-6-13-17-18-14(21-13)11-7-8-22-9-11/h7-9,20H,3-6,10H2,1-2H3,(H,16,19). The lowest BCUT2D eigenvalue weighted by molar-refractivity contribution is -0.122. The van der Waals surface area contributed by atoms with Gasteiger partial charge in [-0.1, -0.05) is 13.8 Å². The summed E-state index contributed by atoms with van der Waals surface area (Å²) in [6, 6.07) is 1.91. The van der Waals surface area contributed by atoms with Crippen LogP contribution in [0.4, 0.5) is 0 Å². The van der Waals surface area contributed by atoms with E-state index in [2.05, 4.69) is 15.5 Å². The Morgan fingerprint density at radius 3 is 2.82 bits per heavy atom. The highest BCUT2D eigenvalue weighted by atomic mass is 32.1. The van der Waals surface area contributed by atoms with Crippen molar-refractivity contribution in [3.8, 4) is 11.5 Å². The van der Waals surface area contributed by atoms with Crippen LogP contribution in [0.1, 0.15) is 39.0 Å². The molecule has 0 aliphatic heterocycles. The Kier molecular flexibility index (Phi) is 5.68. The topological polar surface area (TPSA) is 88.2 Å². The number of nitrogens with one attached hydrogen (secondary N) is 1. The molecule has 2 rings (SSSR count). The van der Waals surface area contributed by atoms with Gasteiger partial charge in [0.05, 0.1) is 5.60 Å². The van der Waals surface area contributed by atoms with Gasteiger partial charge in [0.15, 0.2) is 0 Å². The first kappa shape index (κ1) is 16.6. The lowest BCUT2D eigenvalue weighted by Crippen LogP contribution is -2.42. The molecule has 0 aliphatic rings. The highest BCUT2D eigenvalue weighted by Crippen LogP contribution is 2.20. The zero-order valence-electron chi connectivity index (χ0n) is 12.8. The first-order valence-corrected chi connectivity index (χ1v) is 8.34. The third-order valence-electron chi connectivity index (χ3n) is 3.73. The molecule has 0 unspecified atom stereocenters. The SMILES string of the molecule is CCC(O)(CC)CNC(=O)CCc1nnc(-c2ccsc2)o1. The van der Waals surface area contributed by atoms with Crippen molar-refractivity contribution in [3.05, 3.63) is 22.7 Å². The van der Waals surface area contributed by atoms with Crippen LogP contribution in [0.5, 0.6) is 0 Å². The van der Waals surface area contributed by atoms with Crippen molar-refractivity contribution in [2.75, 3.05) is 6.54 Å². The van der Waals surface area contributed by atoms with Crippen LogP contribution in [0, 0.1) is 0 Å². The van der Waals surface area contributed by atoms with E-state index in [-0.39, 0.29) is 18.9 Å². The molecule has 0 atom stereocenters. The molecule has 2 N–H and O–H groups in total. The maximum Gasteiger partial charge on any atom is 0.248 e. The summed E-state index contributed by atoms with van der Waals surface area (Å²) in [6.07, 6.45) is 1.86. The van der Waals surface area contributed by atoms with Gasteiger partial charge in [-0.3, -0.25) is 4.79 Å². The van der Waals surface area contributed by atoms with E-state index < -0.39 is 5.60 Å². The second-order valence-electron chi connectivity index (χ2n) is 5.22. The van der Waals surface area contributed by atoms with Gasteiger partial charge in [-0.05, 0) is 24.3 Å². The molecule has 2 heterocycles. The molecular weight excluding hydrogens is 302 g/mol. The summed E-state index contributed by atoms with van der Waals surface area (Å²) >= 11 is 1.56. The van der Waals surface area contributed by atoms with Gasteiger partial charge in [0, 0.05) is 30.3 Å². The maximum atomic E-state index is 11.8. The molecule has 1 amide bonds. The fourth-order valence-corrected chi connectivity index (χ4v) is 2.56. The Morgan fingerprint density at radius 2 is 2.18 bits per heavy atom. The van der Waals surface area contributed by atoms with Gasteiger partial charge in [0.1, 0.15) is 0 Å². The van der Waals surface area contributed by atoms with E-state index in [0.717, 1.165) is 5.56 Å². The largest absolute Gasteiger partial charge is 0.421 e. The Balaban J connectivity index is 1.79. The summed E-state index contributed by atoms with van der Waals surface area (Å²) in [5, 5.41) is 24.7. The molecule has 0 bridgehead atoms. The Labute approximate surface area is 133 Å². The van der Waals surface area contributed by atoms with Crippen molar-refractivity contribution in [2.24, 2.45) is 0 Å². The average Bonchev–Trinajstić information content (AvgIpc) is 3.21. The number of thiophene rings is 1. The van der Waals surface area contributed by atoms with E-state index >= 15 is 0 Å². The van der Waals surface area contributed by atoms with E-state index in [4.69, 9.17) is 4.42 Å². The summed E-state index contributed by atoms with van der Waals surface area (Å²) in [5.41, 5.74) is 0.0656. The molecule has 2 aromatic rings. The molecule has 0 saturated heterocycles. The van der Waals surface area contributed by atoms with Gasteiger partial charge in [-0.25, -0.2) is 0 Å². The quantitative estimate of drug-likeness (QED) is 0.779. The molecule has 0 aliphatic carbocycles. The van der Waals surface area contributed by atoms with Crippen LogP contribution in [0.15, 0.2) is 21.2 Å². The molecule has 0 fully saturated rings. The molecule has 2 aromatic heterocycles. The minimum absolute atomic E-state index is 0.129. The first-order valence-electron chi connectivity index (χ1n) is 7.40.